The number of ketones is 1. The highest BCUT2D eigenvalue weighted by Gasteiger charge is 2.59. The Bertz CT molecular complexity index is 1060. The van der Waals surface area contributed by atoms with Gasteiger partial charge in [-0.1, -0.05) is 40.3 Å². The van der Waals surface area contributed by atoms with Crippen molar-refractivity contribution in [3.63, 3.8) is 0 Å². The van der Waals surface area contributed by atoms with Gasteiger partial charge in [0.2, 0.25) is 0 Å². The number of methoxy groups -OCH3 is 1. The summed E-state index contributed by atoms with van der Waals surface area (Å²) in [5, 5.41) is 0. The van der Waals surface area contributed by atoms with E-state index >= 15 is 0 Å². The zero-order chi connectivity index (χ0) is 24.2. The molecule has 0 amide bonds. The Balaban J connectivity index is 1.77. The van der Waals surface area contributed by atoms with Gasteiger partial charge in [0.25, 0.3) is 0 Å². The van der Waals surface area contributed by atoms with Gasteiger partial charge >= 0.3 is 11.9 Å². The zero-order valence-electron chi connectivity index (χ0n) is 20.0. The number of carbonyl (C=O) groups is 3. The minimum atomic E-state index is -0.868. The molecular formula is C27H32O6. The lowest BCUT2D eigenvalue weighted by Crippen LogP contribution is -2.53. The Morgan fingerprint density at radius 3 is 2.61 bits per heavy atom. The summed E-state index contributed by atoms with van der Waals surface area (Å²) in [6.07, 6.45) is 7.54. The van der Waals surface area contributed by atoms with Gasteiger partial charge in [0, 0.05) is 16.9 Å². The van der Waals surface area contributed by atoms with Crippen LogP contribution in [-0.2, 0) is 23.9 Å². The zero-order valence-corrected chi connectivity index (χ0v) is 20.0. The van der Waals surface area contributed by atoms with Crippen LogP contribution in [0.15, 0.2) is 58.8 Å². The molecule has 4 unspecified atom stereocenters. The molecule has 1 aromatic rings. The van der Waals surface area contributed by atoms with Crippen LogP contribution in [0.3, 0.4) is 0 Å². The molecule has 1 fully saturated rings. The molecule has 5 atom stereocenters. The number of esters is 2. The summed E-state index contributed by atoms with van der Waals surface area (Å²) in [6.45, 7) is 12.5. The van der Waals surface area contributed by atoms with Gasteiger partial charge < -0.3 is 13.9 Å². The molecular weight excluding hydrogens is 420 g/mol. The first kappa shape index (κ1) is 23.3. The van der Waals surface area contributed by atoms with Crippen LogP contribution < -0.4 is 0 Å². The second kappa shape index (κ2) is 7.86. The van der Waals surface area contributed by atoms with E-state index in [2.05, 4.69) is 13.5 Å². The van der Waals surface area contributed by atoms with E-state index in [1.807, 2.05) is 32.9 Å². The average Bonchev–Trinajstić information content (AvgIpc) is 3.29. The molecule has 1 aliphatic heterocycles. The Morgan fingerprint density at radius 1 is 1.24 bits per heavy atom. The minimum absolute atomic E-state index is 0.0212. The lowest BCUT2D eigenvalue weighted by molar-refractivity contribution is -0.155. The Hall–Kier alpha value is -2.89. The fourth-order valence-corrected chi connectivity index (χ4v) is 6.38. The highest BCUT2D eigenvalue weighted by atomic mass is 16.6. The van der Waals surface area contributed by atoms with Crippen molar-refractivity contribution >= 4 is 17.7 Å². The first-order valence-electron chi connectivity index (χ1n) is 11.4. The van der Waals surface area contributed by atoms with Crippen molar-refractivity contribution in [3.8, 4) is 0 Å². The van der Waals surface area contributed by atoms with E-state index in [1.165, 1.54) is 13.2 Å². The Morgan fingerprint density at radius 2 is 1.97 bits per heavy atom. The van der Waals surface area contributed by atoms with Crippen molar-refractivity contribution in [2.75, 3.05) is 7.11 Å². The summed E-state index contributed by atoms with van der Waals surface area (Å²) in [7, 11) is 1.37. The second-order valence-electron chi connectivity index (χ2n) is 10.6. The van der Waals surface area contributed by atoms with E-state index in [-0.39, 0.29) is 30.0 Å². The van der Waals surface area contributed by atoms with Crippen LogP contribution in [0.25, 0.3) is 0 Å². The van der Waals surface area contributed by atoms with Gasteiger partial charge in [-0.15, -0.1) is 0 Å². The number of rotatable bonds is 4. The number of ether oxygens (including phenoxy) is 2. The van der Waals surface area contributed by atoms with Crippen LogP contribution in [0.4, 0.5) is 0 Å². The molecule has 176 valence electrons. The topological polar surface area (TPSA) is 82.8 Å². The molecule has 6 heteroatoms. The number of allylic oxidation sites excluding steroid dienone is 3. The van der Waals surface area contributed by atoms with Gasteiger partial charge in [-0.3, -0.25) is 9.59 Å². The van der Waals surface area contributed by atoms with Crippen LogP contribution in [0.2, 0.25) is 0 Å². The summed E-state index contributed by atoms with van der Waals surface area (Å²) in [5.41, 5.74) is -0.221. The maximum Gasteiger partial charge on any atom is 0.331 e. The van der Waals surface area contributed by atoms with E-state index in [4.69, 9.17) is 13.9 Å². The van der Waals surface area contributed by atoms with E-state index in [1.54, 1.807) is 18.4 Å². The molecule has 0 aromatic carbocycles. The number of hydrogen-bond acceptors (Lipinski definition) is 6. The average molecular weight is 453 g/mol. The van der Waals surface area contributed by atoms with Gasteiger partial charge in [0.15, 0.2) is 11.9 Å². The number of furan rings is 1. The molecule has 1 saturated carbocycles. The third-order valence-corrected chi connectivity index (χ3v) is 8.35. The molecule has 0 saturated heterocycles. The summed E-state index contributed by atoms with van der Waals surface area (Å²) in [4.78, 5) is 38.4. The second-order valence-corrected chi connectivity index (χ2v) is 10.6. The first-order chi connectivity index (χ1) is 15.4. The van der Waals surface area contributed by atoms with Crippen molar-refractivity contribution in [1.82, 2.24) is 0 Å². The summed E-state index contributed by atoms with van der Waals surface area (Å²) < 4.78 is 16.3. The predicted molar refractivity (Wildman–Crippen MR) is 122 cm³/mol. The highest BCUT2D eigenvalue weighted by molar-refractivity contribution is 5.97. The molecule has 0 N–H and O–H groups in total. The summed E-state index contributed by atoms with van der Waals surface area (Å²) in [5.74, 6) is -0.726. The van der Waals surface area contributed by atoms with Crippen LogP contribution in [0, 0.1) is 28.1 Å². The van der Waals surface area contributed by atoms with E-state index in [0.29, 0.717) is 18.6 Å². The van der Waals surface area contributed by atoms with E-state index < -0.39 is 28.3 Å². The van der Waals surface area contributed by atoms with E-state index in [0.717, 1.165) is 11.1 Å². The molecule has 0 bridgehead atoms. The molecule has 2 heterocycles. The van der Waals surface area contributed by atoms with Crippen molar-refractivity contribution in [2.45, 2.75) is 53.1 Å². The smallest absolute Gasteiger partial charge is 0.331 e. The normalized spacial score (nSPS) is 35.5. The van der Waals surface area contributed by atoms with Gasteiger partial charge in [-0.25, -0.2) is 4.79 Å². The lowest BCUT2D eigenvalue weighted by Gasteiger charge is -2.55. The molecule has 3 aliphatic rings. The fourth-order valence-electron chi connectivity index (χ4n) is 6.38. The molecule has 33 heavy (non-hydrogen) atoms. The van der Waals surface area contributed by atoms with Crippen molar-refractivity contribution < 1.29 is 28.3 Å². The molecule has 1 aromatic heterocycles. The standard InChI is InChI=1S/C27H32O6/c1-16-17(27(5)20(15-22(29)31-6)25(2,3)11-10-21(27)28)9-12-26(4)18(16)14-23(30)33-24(26)19-8-7-13-32-19/h7-8,10-11,13-14,17,20,24H,1,9,12,15H2,2-6H3/t17?,20-,24?,26?,27?/m0/s1. The maximum absolute atomic E-state index is 13.5. The van der Waals surface area contributed by atoms with Gasteiger partial charge in [0.1, 0.15) is 5.76 Å². The monoisotopic (exact) mass is 452 g/mol. The van der Waals surface area contributed by atoms with Gasteiger partial charge in [0.05, 0.1) is 19.8 Å². The maximum atomic E-state index is 13.5. The van der Waals surface area contributed by atoms with Crippen LogP contribution in [0.1, 0.15) is 58.8 Å². The van der Waals surface area contributed by atoms with E-state index in [9.17, 15) is 14.4 Å². The molecule has 4 rings (SSSR count). The lowest BCUT2D eigenvalue weighted by atomic mass is 9.48. The van der Waals surface area contributed by atoms with Crippen LogP contribution in [-0.4, -0.2) is 24.8 Å². The largest absolute Gasteiger partial charge is 0.469 e. The predicted octanol–water partition coefficient (Wildman–Crippen LogP) is 5.13. The Labute approximate surface area is 194 Å². The van der Waals surface area contributed by atoms with Crippen molar-refractivity contribution in [1.29, 1.82) is 0 Å². The number of carbonyl (C=O) groups excluding carboxylic acids is 3. The molecule has 0 radical (unpaired) electrons. The highest BCUT2D eigenvalue weighted by Crippen LogP contribution is 2.62. The number of hydrogen-bond donors (Lipinski definition) is 0. The van der Waals surface area contributed by atoms with Crippen LogP contribution >= 0.6 is 0 Å². The van der Waals surface area contributed by atoms with Gasteiger partial charge in [-0.2, -0.15) is 0 Å². The van der Waals surface area contributed by atoms with Crippen LogP contribution in [0.5, 0.6) is 0 Å². The molecule has 2 aliphatic carbocycles. The summed E-state index contributed by atoms with van der Waals surface area (Å²) >= 11 is 0. The summed E-state index contributed by atoms with van der Waals surface area (Å²) in [6, 6.07) is 3.59. The number of fused-ring (bicyclic) bond motifs is 1. The number of cyclic esters (lactones) is 1. The first-order valence-corrected chi connectivity index (χ1v) is 11.4. The third-order valence-electron chi connectivity index (χ3n) is 8.35. The SMILES string of the molecule is C=C1C2=CC(=O)OC(c3ccco3)C2(C)CCC1C1(C)C(=O)C=CC(C)(C)[C@@H]1CC(=O)OC. The van der Waals surface area contributed by atoms with Crippen molar-refractivity contribution in [2.24, 2.45) is 28.1 Å². The third kappa shape index (κ3) is 3.51. The fraction of sp³-hybridized carbons (Fsp3) is 0.519. The molecule has 0 spiro atoms. The van der Waals surface area contributed by atoms with Crippen molar-refractivity contribution in [3.05, 3.63) is 60.1 Å². The quantitative estimate of drug-likeness (QED) is 0.589. The van der Waals surface area contributed by atoms with Gasteiger partial charge in [-0.05, 0) is 59.4 Å². The molecule has 6 nitrogen and oxygen atoms in total. The Kier molecular flexibility index (Phi) is 5.54. The minimum Gasteiger partial charge on any atom is -0.469 e.